The molecule has 0 aliphatic carbocycles. The summed E-state index contributed by atoms with van der Waals surface area (Å²) >= 11 is 0. The molecule has 0 saturated carbocycles. The van der Waals surface area contributed by atoms with E-state index < -0.39 is 6.04 Å². The van der Waals surface area contributed by atoms with Crippen LogP contribution in [0.25, 0.3) is 11.0 Å². The maximum Gasteiger partial charge on any atom is 0.247 e. The average Bonchev–Trinajstić information content (AvgIpc) is 3.41. The van der Waals surface area contributed by atoms with Crippen LogP contribution in [0.5, 0.6) is 5.75 Å². The number of aromatic nitrogens is 3. The van der Waals surface area contributed by atoms with Crippen molar-refractivity contribution in [2.24, 2.45) is 0 Å². The van der Waals surface area contributed by atoms with E-state index in [0.29, 0.717) is 49.7 Å². The van der Waals surface area contributed by atoms with E-state index in [0.717, 1.165) is 24.2 Å². The van der Waals surface area contributed by atoms with Crippen LogP contribution in [-0.2, 0) is 27.4 Å². The molecule has 1 aliphatic heterocycles. The van der Waals surface area contributed by atoms with Crippen molar-refractivity contribution in [3.05, 3.63) is 90.0 Å². The van der Waals surface area contributed by atoms with Gasteiger partial charge in [-0.2, -0.15) is 0 Å². The minimum Gasteiger partial charge on any atom is -0.497 e. The van der Waals surface area contributed by atoms with E-state index in [1.165, 1.54) is 0 Å². The van der Waals surface area contributed by atoms with Crippen molar-refractivity contribution in [3.8, 4) is 5.75 Å². The molecule has 0 radical (unpaired) electrons. The number of carbonyl (C=O) groups excluding carboxylic acids is 2. The fraction of sp³-hybridized carbons (Fsp3) is 0.333. The van der Waals surface area contributed by atoms with Crippen molar-refractivity contribution in [2.75, 3.05) is 46.5 Å². The van der Waals surface area contributed by atoms with E-state index in [2.05, 4.69) is 20.5 Å². The van der Waals surface area contributed by atoms with Gasteiger partial charge in [-0.05, 0) is 35.4 Å². The highest BCUT2D eigenvalue weighted by Crippen LogP contribution is 2.25. The Morgan fingerprint density at radius 2 is 1.73 bits per heavy atom. The summed E-state index contributed by atoms with van der Waals surface area (Å²) < 4.78 is 12.4. The number of hydrogen-bond acceptors (Lipinski definition) is 7. The summed E-state index contributed by atoms with van der Waals surface area (Å²) in [6, 6.07) is 23.7. The molecule has 3 aromatic carbocycles. The summed E-state index contributed by atoms with van der Waals surface area (Å²) in [5, 5.41) is 11.5. The minimum atomic E-state index is -0.849. The first-order chi connectivity index (χ1) is 19.6. The number of fused-ring (bicyclic) bond motifs is 1. The number of amides is 2. The van der Waals surface area contributed by atoms with Crippen LogP contribution in [0.3, 0.4) is 0 Å². The van der Waals surface area contributed by atoms with Crippen molar-refractivity contribution >= 4 is 22.8 Å². The predicted molar refractivity (Wildman–Crippen MR) is 151 cm³/mol. The summed E-state index contributed by atoms with van der Waals surface area (Å²) in [7, 11) is 1.60. The number of morpholine rings is 1. The average molecular weight is 543 g/mol. The molecule has 2 heterocycles. The van der Waals surface area contributed by atoms with Gasteiger partial charge in [-0.3, -0.25) is 14.5 Å². The van der Waals surface area contributed by atoms with E-state index >= 15 is 0 Å². The number of rotatable bonds is 11. The third-order valence-corrected chi connectivity index (χ3v) is 7.09. The van der Waals surface area contributed by atoms with Gasteiger partial charge in [-0.15, -0.1) is 5.10 Å². The molecule has 4 aromatic rings. The molecule has 2 amide bonds. The summed E-state index contributed by atoms with van der Waals surface area (Å²) in [5.41, 5.74) is 3.15. The lowest BCUT2D eigenvalue weighted by atomic mass is 10.0. The van der Waals surface area contributed by atoms with Crippen LogP contribution in [-0.4, -0.2) is 83.1 Å². The lowest BCUT2D eigenvalue weighted by Crippen LogP contribution is -2.49. The SMILES string of the molecule is COc1ccc([C@@H](C(=O)NCc2ccccc2)N(CCN2CCOCC2)C(=O)Cn2nnc3ccccc32)cc1. The molecule has 0 bridgehead atoms. The lowest BCUT2D eigenvalue weighted by Gasteiger charge is -2.34. The Kier molecular flexibility index (Phi) is 9.00. The Labute approximate surface area is 233 Å². The number of nitrogens with zero attached hydrogens (tertiary/aromatic N) is 5. The van der Waals surface area contributed by atoms with Crippen molar-refractivity contribution in [1.29, 1.82) is 0 Å². The van der Waals surface area contributed by atoms with Crippen molar-refractivity contribution in [2.45, 2.75) is 19.1 Å². The van der Waals surface area contributed by atoms with E-state index in [1.807, 2.05) is 78.9 Å². The highest BCUT2D eigenvalue weighted by Gasteiger charge is 2.32. The highest BCUT2D eigenvalue weighted by molar-refractivity contribution is 5.89. The predicted octanol–water partition coefficient (Wildman–Crippen LogP) is 2.66. The van der Waals surface area contributed by atoms with Gasteiger partial charge in [-0.25, -0.2) is 4.68 Å². The normalized spacial score (nSPS) is 14.5. The quantitative estimate of drug-likeness (QED) is 0.311. The molecule has 5 rings (SSSR count). The van der Waals surface area contributed by atoms with Crippen LogP contribution < -0.4 is 10.1 Å². The Morgan fingerprint density at radius 3 is 2.48 bits per heavy atom. The summed E-state index contributed by atoms with van der Waals surface area (Å²) in [6.07, 6.45) is 0. The fourth-order valence-corrected chi connectivity index (χ4v) is 4.87. The fourth-order valence-electron chi connectivity index (χ4n) is 4.87. The summed E-state index contributed by atoms with van der Waals surface area (Å²) in [4.78, 5) is 31.8. The summed E-state index contributed by atoms with van der Waals surface area (Å²) in [6.45, 7) is 4.16. The summed E-state index contributed by atoms with van der Waals surface area (Å²) in [5.74, 6) is 0.194. The third-order valence-electron chi connectivity index (χ3n) is 7.09. The molecule has 10 heteroatoms. The first-order valence-corrected chi connectivity index (χ1v) is 13.5. The first kappa shape index (κ1) is 27.3. The second-order valence-corrected chi connectivity index (χ2v) is 9.66. The molecule has 40 heavy (non-hydrogen) atoms. The van der Waals surface area contributed by atoms with Crippen molar-refractivity contribution in [1.82, 2.24) is 30.1 Å². The molecule has 10 nitrogen and oxygen atoms in total. The largest absolute Gasteiger partial charge is 0.497 e. The number of para-hydroxylation sites is 1. The molecule has 1 aliphatic rings. The van der Waals surface area contributed by atoms with E-state index in [-0.39, 0.29) is 18.4 Å². The van der Waals surface area contributed by atoms with Crippen LogP contribution in [0.1, 0.15) is 17.2 Å². The molecule has 1 atom stereocenters. The van der Waals surface area contributed by atoms with Gasteiger partial charge < -0.3 is 19.7 Å². The molecule has 1 saturated heterocycles. The standard InChI is InChI=1S/C30H34N6O4/c1-39-25-13-11-24(12-14-25)29(30(38)31-21-23-7-3-2-4-8-23)35(16-15-34-17-19-40-20-18-34)28(37)22-36-27-10-6-5-9-26(27)32-33-36/h2-14,29H,15-22H2,1H3,(H,31,38)/t29-/m0/s1. The maximum absolute atomic E-state index is 14.0. The van der Waals surface area contributed by atoms with Gasteiger partial charge in [-0.1, -0.05) is 59.8 Å². The topological polar surface area (TPSA) is 102 Å². The molecular formula is C30H34N6O4. The van der Waals surface area contributed by atoms with Crippen molar-refractivity contribution < 1.29 is 19.1 Å². The van der Waals surface area contributed by atoms with Crippen LogP contribution in [0.15, 0.2) is 78.9 Å². The smallest absolute Gasteiger partial charge is 0.247 e. The monoisotopic (exact) mass is 542 g/mol. The maximum atomic E-state index is 14.0. The molecule has 1 N–H and O–H groups in total. The number of hydrogen-bond donors (Lipinski definition) is 1. The van der Waals surface area contributed by atoms with E-state index in [4.69, 9.17) is 9.47 Å². The zero-order valence-corrected chi connectivity index (χ0v) is 22.6. The van der Waals surface area contributed by atoms with Crippen LogP contribution >= 0.6 is 0 Å². The van der Waals surface area contributed by atoms with Gasteiger partial charge in [0.05, 0.1) is 25.8 Å². The molecule has 1 aromatic heterocycles. The third kappa shape index (κ3) is 6.64. The molecule has 0 unspecified atom stereocenters. The Balaban J connectivity index is 1.45. The molecule has 208 valence electrons. The van der Waals surface area contributed by atoms with Gasteiger partial charge in [0.2, 0.25) is 11.8 Å². The Bertz CT molecular complexity index is 1400. The van der Waals surface area contributed by atoms with Gasteiger partial charge in [0, 0.05) is 32.7 Å². The first-order valence-electron chi connectivity index (χ1n) is 13.5. The van der Waals surface area contributed by atoms with Gasteiger partial charge in [0.25, 0.3) is 0 Å². The molecule has 0 spiro atoms. The van der Waals surface area contributed by atoms with Gasteiger partial charge in [0.1, 0.15) is 23.9 Å². The van der Waals surface area contributed by atoms with Crippen molar-refractivity contribution in [3.63, 3.8) is 0 Å². The van der Waals surface area contributed by atoms with Gasteiger partial charge in [0.15, 0.2) is 0 Å². The minimum absolute atomic E-state index is 0.0394. The Hall–Kier alpha value is -4.28. The second kappa shape index (κ2) is 13.2. The van der Waals surface area contributed by atoms with Gasteiger partial charge >= 0.3 is 0 Å². The van der Waals surface area contributed by atoms with E-state index in [9.17, 15) is 9.59 Å². The number of carbonyl (C=O) groups is 2. The zero-order chi connectivity index (χ0) is 27.7. The van der Waals surface area contributed by atoms with Crippen LogP contribution in [0.2, 0.25) is 0 Å². The number of ether oxygens (including phenoxy) is 2. The van der Waals surface area contributed by atoms with Crippen LogP contribution in [0, 0.1) is 0 Å². The zero-order valence-electron chi connectivity index (χ0n) is 22.6. The number of methoxy groups -OCH3 is 1. The lowest BCUT2D eigenvalue weighted by molar-refractivity contribution is -0.142. The van der Waals surface area contributed by atoms with E-state index in [1.54, 1.807) is 16.7 Å². The van der Waals surface area contributed by atoms with Crippen LogP contribution in [0.4, 0.5) is 0 Å². The number of benzene rings is 3. The Morgan fingerprint density at radius 1 is 1.00 bits per heavy atom. The second-order valence-electron chi connectivity index (χ2n) is 9.66. The number of nitrogens with one attached hydrogen (secondary N) is 1. The molecule has 1 fully saturated rings. The highest BCUT2D eigenvalue weighted by atomic mass is 16.5. The molecular weight excluding hydrogens is 508 g/mol.